The molecule has 124 valence electrons. The quantitative estimate of drug-likeness (QED) is 0.648. The van der Waals surface area contributed by atoms with E-state index >= 15 is 0 Å². The van der Waals surface area contributed by atoms with Crippen LogP contribution >= 0.6 is 0 Å². The normalized spacial score (nSPS) is 11.6. The first-order chi connectivity index (χ1) is 11.4. The molecule has 0 bridgehead atoms. The molecule has 2 amide bonds. The summed E-state index contributed by atoms with van der Waals surface area (Å²) in [6.45, 7) is 5.59. The highest BCUT2D eigenvalue weighted by Crippen LogP contribution is 2.27. The predicted octanol–water partition coefficient (Wildman–Crippen LogP) is 3.17. The highest BCUT2D eigenvalue weighted by atomic mass is 16.2. The van der Waals surface area contributed by atoms with Gasteiger partial charge in [-0.2, -0.15) is 0 Å². The standard InChI is InChI=1S/C19H21N3O2/c1-19(2,3)18(24)21-11-20-17(23)14-9-6-8-13-12-7-4-5-10-15(12)22-16(13)14/h4-10,22H,11H2,1-3H3,(H,20,23)(H,21,24). The van der Waals surface area contributed by atoms with Crippen molar-refractivity contribution in [2.75, 3.05) is 6.67 Å². The lowest BCUT2D eigenvalue weighted by Gasteiger charge is -2.17. The number of para-hydroxylation sites is 2. The molecular weight excluding hydrogens is 302 g/mol. The number of aromatic amines is 1. The van der Waals surface area contributed by atoms with Crippen LogP contribution in [0.4, 0.5) is 0 Å². The second kappa shape index (κ2) is 6.00. The highest BCUT2D eigenvalue weighted by Gasteiger charge is 2.21. The van der Waals surface area contributed by atoms with E-state index in [2.05, 4.69) is 15.6 Å². The predicted molar refractivity (Wildman–Crippen MR) is 95.7 cm³/mol. The molecular formula is C19H21N3O2. The Hall–Kier alpha value is -2.82. The van der Waals surface area contributed by atoms with Gasteiger partial charge in [0.2, 0.25) is 5.91 Å². The van der Waals surface area contributed by atoms with Crippen molar-refractivity contribution in [1.82, 2.24) is 15.6 Å². The maximum absolute atomic E-state index is 12.5. The van der Waals surface area contributed by atoms with Crippen LogP contribution in [0.25, 0.3) is 21.8 Å². The van der Waals surface area contributed by atoms with Crippen molar-refractivity contribution in [3.05, 3.63) is 48.0 Å². The fourth-order valence-electron chi connectivity index (χ4n) is 2.63. The summed E-state index contributed by atoms with van der Waals surface area (Å²) in [6, 6.07) is 13.6. The fourth-order valence-corrected chi connectivity index (χ4v) is 2.63. The van der Waals surface area contributed by atoms with E-state index in [9.17, 15) is 9.59 Å². The van der Waals surface area contributed by atoms with Crippen molar-refractivity contribution < 1.29 is 9.59 Å². The molecule has 0 aliphatic carbocycles. The van der Waals surface area contributed by atoms with Gasteiger partial charge in [-0.3, -0.25) is 9.59 Å². The Balaban J connectivity index is 1.82. The molecule has 5 nitrogen and oxygen atoms in total. The van der Waals surface area contributed by atoms with E-state index in [1.165, 1.54) is 0 Å². The number of carbonyl (C=O) groups is 2. The molecule has 2 aromatic carbocycles. The molecule has 0 atom stereocenters. The molecule has 1 heterocycles. The zero-order valence-electron chi connectivity index (χ0n) is 14.1. The molecule has 24 heavy (non-hydrogen) atoms. The van der Waals surface area contributed by atoms with E-state index in [1.54, 1.807) is 6.07 Å². The first kappa shape index (κ1) is 16.1. The summed E-state index contributed by atoms with van der Waals surface area (Å²) in [6.07, 6.45) is 0. The van der Waals surface area contributed by atoms with Crippen molar-refractivity contribution in [2.45, 2.75) is 20.8 Å². The van der Waals surface area contributed by atoms with Crippen LogP contribution in [-0.2, 0) is 4.79 Å². The van der Waals surface area contributed by atoms with Gasteiger partial charge >= 0.3 is 0 Å². The van der Waals surface area contributed by atoms with E-state index in [0.29, 0.717) is 5.56 Å². The van der Waals surface area contributed by atoms with Crippen molar-refractivity contribution in [3.63, 3.8) is 0 Å². The lowest BCUT2D eigenvalue weighted by molar-refractivity contribution is -0.128. The molecule has 1 aromatic heterocycles. The van der Waals surface area contributed by atoms with Gasteiger partial charge in [-0.15, -0.1) is 0 Å². The monoisotopic (exact) mass is 323 g/mol. The molecule has 3 N–H and O–H groups in total. The SMILES string of the molecule is CC(C)(C)C(=O)NCNC(=O)c1cccc2c1[nH]c1ccccc12. The Morgan fingerprint density at radius 1 is 0.958 bits per heavy atom. The summed E-state index contributed by atoms with van der Waals surface area (Å²) in [4.78, 5) is 27.6. The maximum Gasteiger partial charge on any atom is 0.254 e. The minimum atomic E-state index is -0.484. The molecule has 0 unspecified atom stereocenters. The summed E-state index contributed by atoms with van der Waals surface area (Å²) < 4.78 is 0. The van der Waals surface area contributed by atoms with Crippen LogP contribution < -0.4 is 10.6 Å². The second-order valence-corrected chi connectivity index (χ2v) is 6.84. The molecule has 0 radical (unpaired) electrons. The first-order valence-corrected chi connectivity index (χ1v) is 7.94. The Morgan fingerprint density at radius 3 is 2.42 bits per heavy atom. The van der Waals surface area contributed by atoms with Gasteiger partial charge in [0.1, 0.15) is 0 Å². The minimum Gasteiger partial charge on any atom is -0.354 e. The molecule has 0 aliphatic heterocycles. The number of H-pyrrole nitrogens is 1. The average molecular weight is 323 g/mol. The third kappa shape index (κ3) is 2.97. The van der Waals surface area contributed by atoms with Crippen molar-refractivity contribution >= 4 is 33.6 Å². The Kier molecular flexibility index (Phi) is 4.01. The smallest absolute Gasteiger partial charge is 0.254 e. The van der Waals surface area contributed by atoms with Crippen LogP contribution in [0.1, 0.15) is 31.1 Å². The third-order valence-electron chi connectivity index (χ3n) is 3.97. The van der Waals surface area contributed by atoms with Gasteiger partial charge in [-0.05, 0) is 12.1 Å². The Labute approximate surface area is 140 Å². The molecule has 0 aliphatic rings. The van der Waals surface area contributed by atoms with Gasteiger partial charge in [0.05, 0.1) is 17.7 Å². The maximum atomic E-state index is 12.5. The molecule has 0 fully saturated rings. The van der Waals surface area contributed by atoms with Crippen LogP contribution in [0.3, 0.4) is 0 Å². The van der Waals surface area contributed by atoms with Crippen molar-refractivity contribution in [2.24, 2.45) is 5.41 Å². The number of aromatic nitrogens is 1. The molecule has 3 aromatic rings. The van der Waals surface area contributed by atoms with Gasteiger partial charge in [0.25, 0.3) is 5.91 Å². The number of carbonyl (C=O) groups excluding carboxylic acids is 2. The van der Waals surface area contributed by atoms with Gasteiger partial charge in [-0.1, -0.05) is 51.1 Å². The fraction of sp³-hybridized carbons (Fsp3) is 0.263. The van der Waals surface area contributed by atoms with Crippen LogP contribution in [-0.4, -0.2) is 23.5 Å². The van der Waals surface area contributed by atoms with E-state index in [4.69, 9.17) is 0 Å². The number of hydrogen-bond acceptors (Lipinski definition) is 2. The highest BCUT2D eigenvalue weighted by molar-refractivity contribution is 6.14. The number of amides is 2. The van der Waals surface area contributed by atoms with E-state index in [0.717, 1.165) is 21.8 Å². The van der Waals surface area contributed by atoms with Gasteiger partial charge in [0.15, 0.2) is 0 Å². The number of fused-ring (bicyclic) bond motifs is 3. The van der Waals surface area contributed by atoms with Gasteiger partial charge in [-0.25, -0.2) is 0 Å². The molecule has 3 rings (SSSR count). The minimum absolute atomic E-state index is 0.103. The van der Waals surface area contributed by atoms with Crippen molar-refractivity contribution in [3.8, 4) is 0 Å². The summed E-state index contributed by atoms with van der Waals surface area (Å²) in [7, 11) is 0. The van der Waals surface area contributed by atoms with E-state index in [1.807, 2.05) is 57.2 Å². The first-order valence-electron chi connectivity index (χ1n) is 7.94. The summed E-state index contributed by atoms with van der Waals surface area (Å²) >= 11 is 0. The third-order valence-corrected chi connectivity index (χ3v) is 3.97. The molecule has 0 saturated carbocycles. The summed E-state index contributed by atoms with van der Waals surface area (Å²) in [5.74, 6) is -0.326. The largest absolute Gasteiger partial charge is 0.354 e. The van der Waals surface area contributed by atoms with Crippen LogP contribution in [0.5, 0.6) is 0 Å². The summed E-state index contributed by atoms with van der Waals surface area (Å²) in [5, 5.41) is 7.56. The number of nitrogens with one attached hydrogen (secondary N) is 3. The molecule has 0 spiro atoms. The lowest BCUT2D eigenvalue weighted by Crippen LogP contribution is -2.42. The lowest BCUT2D eigenvalue weighted by atomic mass is 9.96. The number of rotatable bonds is 3. The number of hydrogen-bond donors (Lipinski definition) is 3. The van der Waals surface area contributed by atoms with Crippen LogP contribution in [0.2, 0.25) is 0 Å². The van der Waals surface area contributed by atoms with E-state index in [-0.39, 0.29) is 18.5 Å². The Bertz CT molecular complexity index is 919. The van der Waals surface area contributed by atoms with Crippen LogP contribution in [0.15, 0.2) is 42.5 Å². The van der Waals surface area contributed by atoms with Crippen molar-refractivity contribution in [1.29, 1.82) is 0 Å². The summed E-state index contributed by atoms with van der Waals surface area (Å²) in [5.41, 5.74) is 1.88. The second-order valence-electron chi connectivity index (χ2n) is 6.84. The average Bonchev–Trinajstić information content (AvgIpc) is 2.92. The van der Waals surface area contributed by atoms with E-state index < -0.39 is 5.41 Å². The Morgan fingerprint density at radius 2 is 1.67 bits per heavy atom. The van der Waals surface area contributed by atoms with Gasteiger partial charge in [0, 0.05) is 21.7 Å². The zero-order valence-corrected chi connectivity index (χ0v) is 14.1. The number of benzene rings is 2. The topological polar surface area (TPSA) is 74.0 Å². The molecule has 0 saturated heterocycles. The molecule has 5 heteroatoms. The van der Waals surface area contributed by atoms with Crippen LogP contribution in [0, 0.1) is 5.41 Å². The zero-order chi connectivity index (χ0) is 17.3. The van der Waals surface area contributed by atoms with Gasteiger partial charge < -0.3 is 15.6 Å².